The first-order chi connectivity index (χ1) is 9.25. The van der Waals surface area contributed by atoms with E-state index in [1.807, 2.05) is 6.07 Å². The molecule has 0 spiro atoms. The molecule has 0 bridgehead atoms. The fourth-order valence-electron chi connectivity index (χ4n) is 2.33. The van der Waals surface area contributed by atoms with Crippen LogP contribution in [0.15, 0.2) is 47.1 Å². The highest BCUT2D eigenvalue weighted by atomic mass is 14.9. The summed E-state index contributed by atoms with van der Waals surface area (Å²) in [5.41, 5.74) is 3.63. The maximum Gasteiger partial charge on any atom is 0.0666 e. The minimum atomic E-state index is 0.317. The number of rotatable bonds is 3. The molecule has 1 heterocycles. The standard InChI is InChI=1S/C17H24N2/c1-14(2)19-17(15-9-5-3-6-10-15)13-16-11-7-4-8-12-18-16/h3,5-6,9-10,13-14,18H,4,7-8,11-12H2,1-2H3/b16-13+,19-17?. The Bertz CT molecular complexity index is 434. The van der Waals surface area contributed by atoms with Gasteiger partial charge in [0, 0.05) is 18.3 Å². The number of aliphatic imine (C=N–C) groups is 1. The summed E-state index contributed by atoms with van der Waals surface area (Å²) in [6.07, 6.45) is 7.26. The molecule has 1 aliphatic heterocycles. The predicted octanol–water partition coefficient (Wildman–Crippen LogP) is 3.93. The van der Waals surface area contributed by atoms with E-state index in [2.05, 4.69) is 49.5 Å². The van der Waals surface area contributed by atoms with Crippen LogP contribution in [0.5, 0.6) is 0 Å². The van der Waals surface area contributed by atoms with Gasteiger partial charge in [0.05, 0.1) is 5.71 Å². The van der Waals surface area contributed by atoms with Crippen LogP contribution in [-0.4, -0.2) is 18.3 Å². The molecular formula is C17H24N2. The quantitative estimate of drug-likeness (QED) is 0.814. The average Bonchev–Trinajstić information content (AvgIpc) is 2.67. The van der Waals surface area contributed by atoms with E-state index in [1.54, 1.807) is 0 Å². The Morgan fingerprint density at radius 2 is 1.95 bits per heavy atom. The Morgan fingerprint density at radius 3 is 2.68 bits per heavy atom. The van der Waals surface area contributed by atoms with E-state index in [-0.39, 0.29) is 0 Å². The lowest BCUT2D eigenvalue weighted by molar-refractivity contribution is 0.721. The van der Waals surface area contributed by atoms with Crippen molar-refractivity contribution in [3.05, 3.63) is 47.7 Å². The summed E-state index contributed by atoms with van der Waals surface area (Å²) in [5, 5.41) is 3.54. The molecular weight excluding hydrogens is 232 g/mol. The largest absolute Gasteiger partial charge is 0.388 e. The number of allylic oxidation sites excluding steroid dienone is 2. The Kier molecular flexibility index (Phi) is 5.20. The number of nitrogens with zero attached hydrogens (tertiary/aromatic N) is 1. The number of nitrogens with one attached hydrogen (secondary N) is 1. The molecule has 0 radical (unpaired) electrons. The second-order valence-corrected chi connectivity index (χ2v) is 5.38. The van der Waals surface area contributed by atoms with Gasteiger partial charge in [-0.05, 0) is 44.7 Å². The molecule has 1 fully saturated rings. The van der Waals surface area contributed by atoms with Crippen molar-refractivity contribution >= 4 is 5.71 Å². The fourth-order valence-corrected chi connectivity index (χ4v) is 2.33. The monoisotopic (exact) mass is 256 g/mol. The molecule has 0 aromatic heterocycles. The highest BCUT2D eigenvalue weighted by Crippen LogP contribution is 2.13. The van der Waals surface area contributed by atoms with Crippen LogP contribution < -0.4 is 5.32 Å². The molecule has 2 rings (SSSR count). The van der Waals surface area contributed by atoms with Crippen molar-refractivity contribution in [3.8, 4) is 0 Å². The van der Waals surface area contributed by atoms with Gasteiger partial charge in [0.25, 0.3) is 0 Å². The van der Waals surface area contributed by atoms with Crippen LogP contribution in [0.4, 0.5) is 0 Å². The van der Waals surface area contributed by atoms with Crippen molar-refractivity contribution in [2.24, 2.45) is 4.99 Å². The van der Waals surface area contributed by atoms with Gasteiger partial charge in [-0.3, -0.25) is 4.99 Å². The lowest BCUT2D eigenvalue weighted by Crippen LogP contribution is -2.14. The molecule has 0 unspecified atom stereocenters. The van der Waals surface area contributed by atoms with Crippen LogP contribution in [-0.2, 0) is 0 Å². The van der Waals surface area contributed by atoms with Crippen LogP contribution in [0.2, 0.25) is 0 Å². The highest BCUT2D eigenvalue weighted by Gasteiger charge is 2.07. The number of hydrogen-bond donors (Lipinski definition) is 1. The molecule has 1 aromatic carbocycles. The van der Waals surface area contributed by atoms with E-state index >= 15 is 0 Å². The molecule has 1 aliphatic rings. The van der Waals surface area contributed by atoms with Crippen molar-refractivity contribution in [3.63, 3.8) is 0 Å². The zero-order valence-corrected chi connectivity index (χ0v) is 12.0. The first-order valence-electron chi connectivity index (χ1n) is 7.33. The van der Waals surface area contributed by atoms with Gasteiger partial charge in [-0.25, -0.2) is 0 Å². The van der Waals surface area contributed by atoms with Crippen LogP contribution in [0.1, 0.15) is 45.1 Å². The Hall–Kier alpha value is -1.57. The summed E-state index contributed by atoms with van der Waals surface area (Å²) in [5.74, 6) is 0. The summed E-state index contributed by atoms with van der Waals surface area (Å²) < 4.78 is 0. The van der Waals surface area contributed by atoms with Gasteiger partial charge >= 0.3 is 0 Å². The molecule has 0 saturated carbocycles. The molecule has 2 nitrogen and oxygen atoms in total. The van der Waals surface area contributed by atoms with E-state index in [4.69, 9.17) is 4.99 Å². The average molecular weight is 256 g/mol. The molecule has 102 valence electrons. The summed E-state index contributed by atoms with van der Waals surface area (Å²) in [7, 11) is 0. The third kappa shape index (κ3) is 4.55. The van der Waals surface area contributed by atoms with Crippen molar-refractivity contribution in [1.82, 2.24) is 5.32 Å². The van der Waals surface area contributed by atoms with Crippen molar-refractivity contribution in [2.45, 2.75) is 45.6 Å². The summed E-state index contributed by atoms with van der Waals surface area (Å²) in [6.45, 7) is 5.35. The van der Waals surface area contributed by atoms with E-state index in [9.17, 15) is 0 Å². The van der Waals surface area contributed by atoms with Crippen LogP contribution in [0, 0.1) is 0 Å². The summed E-state index contributed by atoms with van der Waals surface area (Å²) >= 11 is 0. The minimum absolute atomic E-state index is 0.317. The Balaban J connectivity index is 2.26. The predicted molar refractivity (Wildman–Crippen MR) is 82.7 cm³/mol. The third-order valence-electron chi connectivity index (χ3n) is 3.25. The van der Waals surface area contributed by atoms with Crippen molar-refractivity contribution in [1.29, 1.82) is 0 Å². The Labute approximate surface area is 116 Å². The van der Waals surface area contributed by atoms with E-state index < -0.39 is 0 Å². The summed E-state index contributed by atoms with van der Waals surface area (Å²) in [4.78, 5) is 4.77. The minimum Gasteiger partial charge on any atom is -0.388 e. The van der Waals surface area contributed by atoms with Gasteiger partial charge in [0.1, 0.15) is 0 Å². The maximum atomic E-state index is 4.77. The van der Waals surface area contributed by atoms with Crippen molar-refractivity contribution in [2.75, 3.05) is 6.54 Å². The fraction of sp³-hybridized carbons (Fsp3) is 0.471. The SMILES string of the molecule is CC(C)N=C(/C=C1\CCCCCN1)c1ccccc1. The zero-order valence-electron chi connectivity index (χ0n) is 12.0. The first kappa shape index (κ1) is 13.9. The van der Waals surface area contributed by atoms with E-state index in [0.29, 0.717) is 6.04 Å². The number of benzene rings is 1. The normalized spacial score (nSPS) is 19.3. The molecule has 1 saturated heterocycles. The lowest BCUT2D eigenvalue weighted by Gasteiger charge is -2.10. The van der Waals surface area contributed by atoms with Gasteiger partial charge in [0.2, 0.25) is 0 Å². The molecule has 0 amide bonds. The van der Waals surface area contributed by atoms with Gasteiger partial charge in [-0.2, -0.15) is 0 Å². The summed E-state index contributed by atoms with van der Waals surface area (Å²) in [6, 6.07) is 10.8. The first-order valence-corrected chi connectivity index (χ1v) is 7.33. The van der Waals surface area contributed by atoms with Gasteiger partial charge < -0.3 is 5.32 Å². The molecule has 1 N–H and O–H groups in total. The molecule has 1 aromatic rings. The molecule has 2 heteroatoms. The number of hydrogen-bond acceptors (Lipinski definition) is 2. The molecule has 0 atom stereocenters. The lowest BCUT2D eigenvalue weighted by atomic mass is 10.1. The maximum absolute atomic E-state index is 4.77. The van der Waals surface area contributed by atoms with E-state index in [0.717, 1.165) is 18.7 Å². The molecule has 0 aliphatic carbocycles. The highest BCUT2D eigenvalue weighted by molar-refractivity contribution is 6.09. The van der Waals surface area contributed by atoms with E-state index in [1.165, 1.54) is 30.5 Å². The topological polar surface area (TPSA) is 24.4 Å². The van der Waals surface area contributed by atoms with Crippen LogP contribution in [0.25, 0.3) is 0 Å². The van der Waals surface area contributed by atoms with Gasteiger partial charge in [0.15, 0.2) is 0 Å². The zero-order chi connectivity index (χ0) is 13.5. The van der Waals surface area contributed by atoms with Gasteiger partial charge in [-0.15, -0.1) is 0 Å². The van der Waals surface area contributed by atoms with Crippen LogP contribution >= 0.6 is 0 Å². The third-order valence-corrected chi connectivity index (χ3v) is 3.25. The molecule has 19 heavy (non-hydrogen) atoms. The second kappa shape index (κ2) is 7.13. The second-order valence-electron chi connectivity index (χ2n) is 5.38. The van der Waals surface area contributed by atoms with Gasteiger partial charge in [-0.1, -0.05) is 36.8 Å². The smallest absolute Gasteiger partial charge is 0.0666 e. The Morgan fingerprint density at radius 1 is 1.16 bits per heavy atom. The van der Waals surface area contributed by atoms with Crippen molar-refractivity contribution < 1.29 is 0 Å². The van der Waals surface area contributed by atoms with Crippen LogP contribution in [0.3, 0.4) is 0 Å².